The second-order valence-corrected chi connectivity index (χ2v) is 5.55. The second-order valence-electron chi connectivity index (χ2n) is 5.15. The van der Waals surface area contributed by atoms with Gasteiger partial charge in [0.2, 0.25) is 0 Å². The Morgan fingerprint density at radius 3 is 2.72 bits per heavy atom. The molecule has 0 radical (unpaired) electrons. The van der Waals surface area contributed by atoms with Gasteiger partial charge in [0.05, 0.1) is 19.0 Å². The molecule has 25 heavy (non-hydrogen) atoms. The Morgan fingerprint density at radius 2 is 2.00 bits per heavy atom. The Balaban J connectivity index is 1.87. The summed E-state index contributed by atoms with van der Waals surface area (Å²) in [6.45, 7) is 4.22. The number of ether oxygens (including phenoxy) is 1. The maximum atomic E-state index is 5.19. The fraction of sp³-hybridized carbons (Fsp3) is 0.111. The number of aromatic nitrogens is 3. The highest BCUT2D eigenvalue weighted by Gasteiger charge is 2.06. The molecule has 0 saturated heterocycles. The SMILES string of the molecule is C=CCNC(=S)Nc1ccc2ncc(-c3ccc(OC)cc3)nc2n1. The van der Waals surface area contributed by atoms with Gasteiger partial charge in [0, 0.05) is 12.1 Å². The summed E-state index contributed by atoms with van der Waals surface area (Å²) in [5, 5.41) is 6.49. The number of rotatable bonds is 5. The standard InChI is InChI=1S/C18H17N5OS/c1-3-10-19-18(25)23-16-9-8-14-17(22-16)21-15(11-20-14)12-4-6-13(24-2)7-5-12/h3-9,11H,1,10H2,2H3,(H2,19,21,22,23,25). The normalized spacial score (nSPS) is 10.3. The number of anilines is 1. The average molecular weight is 351 g/mol. The first-order valence-electron chi connectivity index (χ1n) is 7.63. The van der Waals surface area contributed by atoms with Gasteiger partial charge in [-0.2, -0.15) is 0 Å². The van der Waals surface area contributed by atoms with E-state index in [9.17, 15) is 0 Å². The van der Waals surface area contributed by atoms with Crippen molar-refractivity contribution in [2.45, 2.75) is 0 Å². The molecule has 126 valence electrons. The minimum absolute atomic E-state index is 0.478. The molecule has 0 fully saturated rings. The molecule has 2 aromatic heterocycles. The van der Waals surface area contributed by atoms with Crippen LogP contribution < -0.4 is 15.4 Å². The molecule has 0 aliphatic rings. The van der Waals surface area contributed by atoms with Crippen LogP contribution >= 0.6 is 12.2 Å². The van der Waals surface area contributed by atoms with Crippen LogP contribution in [-0.4, -0.2) is 33.7 Å². The lowest BCUT2D eigenvalue weighted by Crippen LogP contribution is -2.28. The van der Waals surface area contributed by atoms with Crippen LogP contribution in [0.3, 0.4) is 0 Å². The van der Waals surface area contributed by atoms with E-state index in [4.69, 9.17) is 17.0 Å². The number of hydrogen-bond acceptors (Lipinski definition) is 5. The Morgan fingerprint density at radius 1 is 1.20 bits per heavy atom. The van der Waals surface area contributed by atoms with Crippen LogP contribution in [0.5, 0.6) is 5.75 Å². The lowest BCUT2D eigenvalue weighted by Gasteiger charge is -2.09. The highest BCUT2D eigenvalue weighted by atomic mass is 32.1. The van der Waals surface area contributed by atoms with Gasteiger partial charge in [-0.15, -0.1) is 6.58 Å². The zero-order chi connectivity index (χ0) is 17.6. The molecule has 0 aliphatic heterocycles. The molecule has 0 amide bonds. The number of pyridine rings is 1. The van der Waals surface area contributed by atoms with Gasteiger partial charge in [-0.05, 0) is 48.6 Å². The minimum Gasteiger partial charge on any atom is -0.497 e. The third-order valence-corrected chi connectivity index (χ3v) is 3.69. The van der Waals surface area contributed by atoms with Crippen LogP contribution in [0.15, 0.2) is 55.3 Å². The van der Waals surface area contributed by atoms with Crippen molar-refractivity contribution in [1.29, 1.82) is 0 Å². The number of nitrogens with zero attached hydrogens (tertiary/aromatic N) is 3. The Kier molecular flexibility index (Phi) is 5.15. The molecule has 0 aliphatic carbocycles. The quantitative estimate of drug-likeness (QED) is 0.540. The molecule has 6 nitrogen and oxygen atoms in total. The number of nitrogens with one attached hydrogen (secondary N) is 2. The van der Waals surface area contributed by atoms with Crippen LogP contribution in [0.2, 0.25) is 0 Å². The number of thiocarbonyl (C=S) groups is 1. The summed E-state index contributed by atoms with van der Waals surface area (Å²) in [5.41, 5.74) is 2.95. The van der Waals surface area contributed by atoms with E-state index in [1.54, 1.807) is 19.4 Å². The first kappa shape index (κ1) is 16.8. The molecule has 0 saturated carbocycles. The van der Waals surface area contributed by atoms with E-state index in [1.165, 1.54) is 0 Å². The summed E-state index contributed by atoms with van der Waals surface area (Å²) >= 11 is 5.19. The zero-order valence-electron chi connectivity index (χ0n) is 13.7. The molecular weight excluding hydrogens is 334 g/mol. The molecular formula is C18H17N5OS. The van der Waals surface area contributed by atoms with Gasteiger partial charge in [-0.3, -0.25) is 4.98 Å². The molecule has 0 unspecified atom stereocenters. The largest absolute Gasteiger partial charge is 0.497 e. The number of fused-ring (bicyclic) bond motifs is 1. The summed E-state index contributed by atoms with van der Waals surface area (Å²) in [4.78, 5) is 13.5. The summed E-state index contributed by atoms with van der Waals surface area (Å²) in [7, 11) is 1.64. The van der Waals surface area contributed by atoms with Crippen molar-refractivity contribution >= 4 is 34.3 Å². The highest BCUT2D eigenvalue weighted by Crippen LogP contribution is 2.22. The fourth-order valence-corrected chi connectivity index (χ4v) is 2.38. The van der Waals surface area contributed by atoms with E-state index in [0.717, 1.165) is 17.0 Å². The van der Waals surface area contributed by atoms with Crippen molar-refractivity contribution < 1.29 is 4.74 Å². The predicted molar refractivity (Wildman–Crippen MR) is 104 cm³/mol. The van der Waals surface area contributed by atoms with E-state index < -0.39 is 0 Å². The zero-order valence-corrected chi connectivity index (χ0v) is 14.5. The first-order valence-corrected chi connectivity index (χ1v) is 8.04. The second kappa shape index (κ2) is 7.67. The van der Waals surface area contributed by atoms with Crippen LogP contribution in [0.25, 0.3) is 22.4 Å². The molecule has 1 aromatic carbocycles. The molecule has 0 spiro atoms. The van der Waals surface area contributed by atoms with Crippen LogP contribution in [0, 0.1) is 0 Å². The summed E-state index contributed by atoms with van der Waals surface area (Å²) in [6, 6.07) is 11.3. The first-order chi connectivity index (χ1) is 12.2. The van der Waals surface area contributed by atoms with Crippen molar-refractivity contribution in [2.75, 3.05) is 19.0 Å². The van der Waals surface area contributed by atoms with Crippen molar-refractivity contribution in [3.63, 3.8) is 0 Å². The number of methoxy groups -OCH3 is 1. The Labute approximate surface area is 151 Å². The molecule has 0 bridgehead atoms. The summed E-state index contributed by atoms with van der Waals surface area (Å²) < 4.78 is 5.17. The topological polar surface area (TPSA) is 72.0 Å². The Hall–Kier alpha value is -3.06. The predicted octanol–water partition coefficient (Wildman–Crippen LogP) is 3.17. The average Bonchev–Trinajstić information content (AvgIpc) is 2.66. The van der Waals surface area contributed by atoms with Crippen molar-refractivity contribution in [1.82, 2.24) is 20.3 Å². The van der Waals surface area contributed by atoms with E-state index in [2.05, 4.69) is 32.2 Å². The van der Waals surface area contributed by atoms with Crippen LogP contribution in [-0.2, 0) is 0 Å². The number of benzene rings is 1. The van der Waals surface area contributed by atoms with E-state index in [0.29, 0.717) is 28.6 Å². The molecule has 2 N–H and O–H groups in total. The van der Waals surface area contributed by atoms with Gasteiger partial charge in [0.25, 0.3) is 0 Å². The maximum absolute atomic E-state index is 5.19. The van der Waals surface area contributed by atoms with Crippen molar-refractivity contribution in [3.05, 3.63) is 55.3 Å². The maximum Gasteiger partial charge on any atom is 0.180 e. The highest BCUT2D eigenvalue weighted by molar-refractivity contribution is 7.80. The van der Waals surface area contributed by atoms with Gasteiger partial charge in [0.1, 0.15) is 17.1 Å². The molecule has 3 aromatic rings. The third-order valence-electron chi connectivity index (χ3n) is 3.44. The molecule has 2 heterocycles. The van der Waals surface area contributed by atoms with Gasteiger partial charge in [-0.1, -0.05) is 6.08 Å². The van der Waals surface area contributed by atoms with Gasteiger partial charge in [-0.25, -0.2) is 9.97 Å². The number of hydrogen-bond donors (Lipinski definition) is 2. The Bertz CT molecular complexity index is 911. The summed E-state index contributed by atoms with van der Waals surface area (Å²) in [5.74, 6) is 1.40. The van der Waals surface area contributed by atoms with E-state index in [1.807, 2.05) is 36.4 Å². The third kappa shape index (κ3) is 4.07. The molecule has 7 heteroatoms. The van der Waals surface area contributed by atoms with Gasteiger partial charge < -0.3 is 15.4 Å². The monoisotopic (exact) mass is 351 g/mol. The van der Waals surface area contributed by atoms with E-state index >= 15 is 0 Å². The van der Waals surface area contributed by atoms with Crippen molar-refractivity contribution in [2.24, 2.45) is 0 Å². The van der Waals surface area contributed by atoms with Crippen molar-refractivity contribution in [3.8, 4) is 17.0 Å². The van der Waals surface area contributed by atoms with Gasteiger partial charge in [0.15, 0.2) is 10.8 Å². The fourth-order valence-electron chi connectivity index (χ4n) is 2.19. The lowest BCUT2D eigenvalue weighted by molar-refractivity contribution is 0.415. The minimum atomic E-state index is 0.478. The summed E-state index contributed by atoms with van der Waals surface area (Å²) in [6.07, 6.45) is 3.46. The van der Waals surface area contributed by atoms with E-state index in [-0.39, 0.29) is 0 Å². The molecule has 0 atom stereocenters. The smallest absolute Gasteiger partial charge is 0.180 e. The molecule has 3 rings (SSSR count). The van der Waals surface area contributed by atoms with Gasteiger partial charge >= 0.3 is 0 Å². The lowest BCUT2D eigenvalue weighted by atomic mass is 10.1. The van der Waals surface area contributed by atoms with Crippen LogP contribution in [0.1, 0.15) is 0 Å². The van der Waals surface area contributed by atoms with Crippen LogP contribution in [0.4, 0.5) is 5.82 Å².